The van der Waals surface area contributed by atoms with Crippen LogP contribution in [0.3, 0.4) is 0 Å². The van der Waals surface area contributed by atoms with Crippen LogP contribution in [0.2, 0.25) is 0 Å². The molecular formula is C10H16N6O2. The molecule has 8 N–H and O–H groups in total. The highest BCUT2D eigenvalue weighted by molar-refractivity contribution is 5.56. The molecule has 2 rings (SSSR count). The average molecular weight is 252 g/mol. The van der Waals surface area contributed by atoms with Crippen molar-refractivity contribution < 1.29 is 10.2 Å². The number of aliphatic hydroxyl groups excluding tert-OH is 1. The minimum Gasteiger partial charge on any atom is -0.504 e. The van der Waals surface area contributed by atoms with Crippen LogP contribution in [-0.4, -0.2) is 31.6 Å². The zero-order valence-corrected chi connectivity index (χ0v) is 9.69. The van der Waals surface area contributed by atoms with Crippen LogP contribution >= 0.6 is 0 Å². The fourth-order valence-corrected chi connectivity index (χ4v) is 1.09. The van der Waals surface area contributed by atoms with Crippen molar-refractivity contribution in [3.8, 4) is 5.75 Å². The number of anilines is 3. The van der Waals surface area contributed by atoms with Crippen LogP contribution in [0.4, 0.5) is 17.3 Å². The molecule has 0 bridgehead atoms. The van der Waals surface area contributed by atoms with Crippen molar-refractivity contribution in [1.82, 2.24) is 14.8 Å². The Morgan fingerprint density at radius 2 is 2.00 bits per heavy atom. The van der Waals surface area contributed by atoms with Crippen LogP contribution in [-0.2, 0) is 6.54 Å². The van der Waals surface area contributed by atoms with E-state index in [0.29, 0.717) is 18.1 Å². The molecule has 0 unspecified atom stereocenters. The van der Waals surface area contributed by atoms with Crippen LogP contribution in [0.1, 0.15) is 0 Å². The number of pyridine rings is 1. The molecule has 0 saturated heterocycles. The van der Waals surface area contributed by atoms with Crippen LogP contribution in [0, 0.1) is 0 Å². The van der Waals surface area contributed by atoms with E-state index >= 15 is 0 Å². The van der Waals surface area contributed by atoms with Gasteiger partial charge in [-0.15, -0.1) is 0 Å². The van der Waals surface area contributed by atoms with Gasteiger partial charge in [0.05, 0.1) is 25.0 Å². The fourth-order valence-electron chi connectivity index (χ4n) is 1.09. The number of rotatable bonds is 2. The number of hydrogen-bond donors (Lipinski definition) is 5. The molecule has 0 spiro atoms. The summed E-state index contributed by atoms with van der Waals surface area (Å²) in [5.41, 5.74) is 16.4. The standard InChI is InChI=1S/C5H10N4O.C5H6N2O/c6-4-3-8-9(1-2-10)5(4)7;6-5-4(8)2-1-3-7-5/h3,10H,1-2,6-7H2;1-3,8H,(H2,6,7). The SMILES string of the molecule is Nc1cnn(CCO)c1N.Nc1ncccc1O. The summed E-state index contributed by atoms with van der Waals surface area (Å²) in [4.78, 5) is 3.61. The van der Waals surface area contributed by atoms with Gasteiger partial charge < -0.3 is 27.4 Å². The van der Waals surface area contributed by atoms with Crippen molar-refractivity contribution in [2.45, 2.75) is 6.54 Å². The van der Waals surface area contributed by atoms with Gasteiger partial charge >= 0.3 is 0 Å². The van der Waals surface area contributed by atoms with E-state index in [4.69, 9.17) is 27.4 Å². The predicted molar refractivity (Wildman–Crippen MR) is 68.5 cm³/mol. The third-order valence-electron chi connectivity index (χ3n) is 2.04. The normalized spacial score (nSPS) is 9.61. The van der Waals surface area contributed by atoms with E-state index < -0.39 is 0 Å². The van der Waals surface area contributed by atoms with Gasteiger partial charge in [0.15, 0.2) is 11.6 Å². The molecule has 0 aliphatic carbocycles. The highest BCUT2D eigenvalue weighted by Crippen LogP contribution is 2.12. The molecule has 0 aliphatic heterocycles. The van der Waals surface area contributed by atoms with E-state index in [1.165, 1.54) is 23.1 Å². The van der Waals surface area contributed by atoms with Crippen LogP contribution in [0.5, 0.6) is 5.75 Å². The molecule has 18 heavy (non-hydrogen) atoms. The zero-order chi connectivity index (χ0) is 13.5. The molecule has 0 amide bonds. The van der Waals surface area contributed by atoms with Gasteiger partial charge in [-0.25, -0.2) is 9.67 Å². The molecule has 0 atom stereocenters. The lowest BCUT2D eigenvalue weighted by molar-refractivity contribution is 0.270. The maximum atomic E-state index is 8.73. The Balaban J connectivity index is 0.000000184. The number of aromatic nitrogens is 3. The van der Waals surface area contributed by atoms with Gasteiger partial charge in [-0.1, -0.05) is 0 Å². The first-order valence-corrected chi connectivity index (χ1v) is 5.13. The Morgan fingerprint density at radius 3 is 2.39 bits per heavy atom. The van der Waals surface area contributed by atoms with E-state index in [0.717, 1.165) is 0 Å². The topological polar surface area (TPSA) is 149 Å². The lowest BCUT2D eigenvalue weighted by atomic mass is 10.4. The van der Waals surface area contributed by atoms with E-state index in [1.807, 2.05) is 0 Å². The predicted octanol–water partition coefficient (Wildman–Crippen LogP) is -0.591. The Morgan fingerprint density at radius 1 is 1.28 bits per heavy atom. The van der Waals surface area contributed by atoms with Crippen molar-refractivity contribution in [3.05, 3.63) is 24.5 Å². The van der Waals surface area contributed by atoms with Crippen molar-refractivity contribution in [2.75, 3.05) is 23.8 Å². The van der Waals surface area contributed by atoms with E-state index in [-0.39, 0.29) is 18.2 Å². The minimum absolute atomic E-state index is 0.0192. The molecule has 0 aromatic carbocycles. The number of nitrogens with two attached hydrogens (primary N) is 3. The molecule has 98 valence electrons. The fraction of sp³-hybridized carbons (Fsp3) is 0.200. The minimum atomic E-state index is 0.0192. The lowest BCUT2D eigenvalue weighted by Gasteiger charge is -1.99. The molecule has 8 nitrogen and oxygen atoms in total. The second-order valence-corrected chi connectivity index (χ2v) is 3.34. The summed E-state index contributed by atoms with van der Waals surface area (Å²) < 4.78 is 1.45. The molecule has 2 aromatic rings. The van der Waals surface area contributed by atoms with Crippen LogP contribution in [0.15, 0.2) is 24.5 Å². The second kappa shape index (κ2) is 6.30. The van der Waals surface area contributed by atoms with Crippen molar-refractivity contribution in [1.29, 1.82) is 0 Å². The second-order valence-electron chi connectivity index (χ2n) is 3.34. The summed E-state index contributed by atoms with van der Waals surface area (Å²) in [6, 6.07) is 3.11. The maximum absolute atomic E-state index is 8.73. The first-order valence-electron chi connectivity index (χ1n) is 5.13. The molecule has 2 heterocycles. The summed E-state index contributed by atoms with van der Waals surface area (Å²) in [7, 11) is 0. The smallest absolute Gasteiger partial charge is 0.165 e. The zero-order valence-electron chi connectivity index (χ0n) is 9.69. The largest absolute Gasteiger partial charge is 0.504 e. The van der Waals surface area contributed by atoms with Gasteiger partial charge in [-0.2, -0.15) is 5.10 Å². The number of hydrogen-bond acceptors (Lipinski definition) is 7. The number of nitrogens with zero attached hydrogens (tertiary/aromatic N) is 3. The number of aliphatic hydroxyl groups is 1. The monoisotopic (exact) mass is 252 g/mol. The summed E-state index contributed by atoms with van der Waals surface area (Å²) in [5, 5.41) is 21.0. The third kappa shape index (κ3) is 3.52. The summed E-state index contributed by atoms with van der Waals surface area (Å²) in [6.07, 6.45) is 2.99. The van der Waals surface area contributed by atoms with E-state index in [9.17, 15) is 0 Å². The average Bonchev–Trinajstić information content (AvgIpc) is 2.66. The third-order valence-corrected chi connectivity index (χ3v) is 2.04. The van der Waals surface area contributed by atoms with Crippen molar-refractivity contribution in [2.24, 2.45) is 0 Å². The first kappa shape index (κ1) is 13.6. The van der Waals surface area contributed by atoms with Gasteiger partial charge in [-0.05, 0) is 12.1 Å². The van der Waals surface area contributed by atoms with E-state index in [2.05, 4.69) is 10.1 Å². The van der Waals surface area contributed by atoms with Crippen molar-refractivity contribution in [3.63, 3.8) is 0 Å². The Bertz CT molecular complexity index is 478. The summed E-state index contributed by atoms with van der Waals surface area (Å²) in [6.45, 7) is 0.411. The first-order chi connectivity index (χ1) is 8.56. The van der Waals surface area contributed by atoms with Crippen LogP contribution < -0.4 is 17.2 Å². The molecule has 2 aromatic heterocycles. The highest BCUT2D eigenvalue weighted by atomic mass is 16.3. The molecule has 8 heteroatoms. The number of aromatic hydroxyl groups is 1. The highest BCUT2D eigenvalue weighted by Gasteiger charge is 2.00. The van der Waals surface area contributed by atoms with Crippen molar-refractivity contribution >= 4 is 17.3 Å². The molecule has 0 radical (unpaired) electrons. The number of nitrogen functional groups attached to an aromatic ring is 3. The summed E-state index contributed by atoms with van der Waals surface area (Å²) >= 11 is 0. The quantitative estimate of drug-likeness (QED) is 0.479. The van der Waals surface area contributed by atoms with Gasteiger partial charge in [0.25, 0.3) is 0 Å². The van der Waals surface area contributed by atoms with Gasteiger partial charge in [0.1, 0.15) is 5.82 Å². The van der Waals surface area contributed by atoms with Crippen LogP contribution in [0.25, 0.3) is 0 Å². The van der Waals surface area contributed by atoms with Gasteiger partial charge in [0.2, 0.25) is 0 Å². The Hall–Kier alpha value is -2.48. The lowest BCUT2D eigenvalue weighted by Crippen LogP contribution is -2.07. The summed E-state index contributed by atoms with van der Waals surface area (Å²) in [5.74, 6) is 0.619. The molecular weight excluding hydrogens is 236 g/mol. The van der Waals surface area contributed by atoms with Gasteiger partial charge in [-0.3, -0.25) is 0 Å². The van der Waals surface area contributed by atoms with E-state index in [1.54, 1.807) is 6.07 Å². The molecule has 0 saturated carbocycles. The Kier molecular flexibility index (Phi) is 4.76. The maximum Gasteiger partial charge on any atom is 0.165 e. The Labute approximate surface area is 104 Å². The van der Waals surface area contributed by atoms with Gasteiger partial charge in [0, 0.05) is 6.20 Å². The molecule has 0 aliphatic rings. The molecule has 0 fully saturated rings.